The Kier molecular flexibility index (Phi) is 6.60. The summed E-state index contributed by atoms with van der Waals surface area (Å²) in [4.78, 5) is 29.7. The van der Waals surface area contributed by atoms with Crippen LogP contribution in [0.4, 0.5) is 5.95 Å². The lowest BCUT2D eigenvalue weighted by Crippen LogP contribution is -2.47. The van der Waals surface area contributed by atoms with Crippen LogP contribution in [-0.4, -0.2) is 60.6 Å². The minimum Gasteiger partial charge on any atom is -0.343 e. The number of aliphatic imine (C=N–C) groups is 1. The molecular formula is C27H27N9O. The number of pyridine rings is 1. The van der Waals surface area contributed by atoms with Crippen molar-refractivity contribution in [2.24, 2.45) is 4.99 Å². The quantitative estimate of drug-likeness (QED) is 0.377. The highest BCUT2D eigenvalue weighted by Gasteiger charge is 2.37. The molecule has 4 aromatic rings. The molecule has 0 unspecified atom stereocenters. The molecule has 1 aromatic carbocycles. The summed E-state index contributed by atoms with van der Waals surface area (Å²) in [7, 11) is 0. The van der Waals surface area contributed by atoms with Gasteiger partial charge in [-0.1, -0.05) is 12.1 Å². The number of carbonyl (C=O) groups is 1. The van der Waals surface area contributed by atoms with Gasteiger partial charge >= 0.3 is 0 Å². The van der Waals surface area contributed by atoms with Crippen LogP contribution in [0.3, 0.4) is 0 Å². The molecule has 37 heavy (non-hydrogen) atoms. The maximum absolute atomic E-state index is 11.7. The molecule has 1 aliphatic heterocycles. The van der Waals surface area contributed by atoms with Crippen molar-refractivity contribution >= 4 is 34.7 Å². The van der Waals surface area contributed by atoms with Crippen molar-refractivity contribution in [3.63, 3.8) is 0 Å². The van der Waals surface area contributed by atoms with E-state index in [9.17, 15) is 10.1 Å². The molecule has 1 amide bonds. The molecule has 4 heterocycles. The number of imidazole rings is 1. The van der Waals surface area contributed by atoms with E-state index in [-0.39, 0.29) is 11.6 Å². The van der Waals surface area contributed by atoms with Gasteiger partial charge in [0.25, 0.3) is 0 Å². The van der Waals surface area contributed by atoms with Crippen LogP contribution < -0.4 is 0 Å². The Bertz CT molecular complexity index is 1520. The van der Waals surface area contributed by atoms with E-state index in [0.29, 0.717) is 50.3 Å². The Morgan fingerprint density at radius 3 is 2.89 bits per heavy atom. The third-order valence-corrected chi connectivity index (χ3v) is 6.92. The summed E-state index contributed by atoms with van der Waals surface area (Å²) >= 11 is 0. The number of carbonyl (C=O) groups excluding carboxylic acids is 1. The van der Waals surface area contributed by atoms with E-state index in [2.05, 4.69) is 43.2 Å². The molecule has 3 aromatic heterocycles. The molecule has 0 spiro atoms. The molecule has 1 aliphatic rings. The number of hydrogen-bond donors (Lipinski definition) is 2. The predicted molar refractivity (Wildman–Crippen MR) is 140 cm³/mol. The number of H-pyrrole nitrogens is 1. The number of aromatic nitrogens is 5. The van der Waals surface area contributed by atoms with E-state index >= 15 is 0 Å². The van der Waals surface area contributed by atoms with E-state index in [1.807, 2.05) is 18.2 Å². The van der Waals surface area contributed by atoms with Crippen LogP contribution in [0.25, 0.3) is 10.9 Å². The fourth-order valence-electron chi connectivity index (χ4n) is 4.75. The molecule has 186 valence electrons. The molecular weight excluding hydrogens is 466 g/mol. The average Bonchev–Trinajstić information content (AvgIpc) is 3.58. The summed E-state index contributed by atoms with van der Waals surface area (Å²) in [5.74, 6) is 0.465. The van der Waals surface area contributed by atoms with Crippen molar-refractivity contribution < 1.29 is 4.79 Å². The highest BCUT2D eigenvalue weighted by atomic mass is 16.2. The molecule has 0 bridgehead atoms. The van der Waals surface area contributed by atoms with Gasteiger partial charge in [-0.05, 0) is 36.6 Å². The Labute approximate surface area is 214 Å². The lowest BCUT2D eigenvalue weighted by Gasteiger charge is -2.40. The van der Waals surface area contributed by atoms with Gasteiger partial charge in [0.15, 0.2) is 0 Å². The van der Waals surface area contributed by atoms with E-state index in [0.717, 1.165) is 22.2 Å². The molecule has 2 N–H and O–H groups in total. The van der Waals surface area contributed by atoms with E-state index in [4.69, 9.17) is 5.41 Å². The van der Waals surface area contributed by atoms with Crippen LogP contribution >= 0.6 is 0 Å². The standard InChI is InChI=1S/C27H27N9O/c1-19(37)35-11-7-27(6-9-28,8-12-35)36-18-22(15-33-36)24(29)17-32-26-31-16-23(34-26)14-20-4-5-25-21(13-20)3-2-10-30-25/h2-5,10,13,15-18,29H,6-8,11-12,14H2,1H3,(H,31,34). The molecule has 0 saturated carbocycles. The van der Waals surface area contributed by atoms with Gasteiger partial charge in [-0.3, -0.25) is 19.9 Å². The number of nitrogens with zero attached hydrogens (tertiary/aromatic N) is 7. The van der Waals surface area contributed by atoms with Crippen molar-refractivity contribution in [3.8, 4) is 6.07 Å². The number of rotatable bonds is 7. The van der Waals surface area contributed by atoms with Gasteiger partial charge in [0.1, 0.15) is 0 Å². The first kappa shape index (κ1) is 24.1. The predicted octanol–water partition coefficient (Wildman–Crippen LogP) is 3.77. The Balaban J connectivity index is 1.25. The van der Waals surface area contributed by atoms with Crippen LogP contribution in [0.5, 0.6) is 0 Å². The van der Waals surface area contributed by atoms with Crippen molar-refractivity contribution in [3.05, 3.63) is 71.9 Å². The summed E-state index contributed by atoms with van der Waals surface area (Å²) in [6, 6.07) is 12.4. The van der Waals surface area contributed by atoms with E-state index in [1.165, 1.54) is 6.21 Å². The van der Waals surface area contributed by atoms with Crippen molar-refractivity contribution in [1.82, 2.24) is 29.6 Å². The highest BCUT2D eigenvalue weighted by molar-refractivity contribution is 6.36. The summed E-state index contributed by atoms with van der Waals surface area (Å²) in [6.45, 7) is 2.73. The van der Waals surface area contributed by atoms with E-state index < -0.39 is 5.54 Å². The van der Waals surface area contributed by atoms with Crippen LogP contribution in [0.2, 0.25) is 0 Å². The van der Waals surface area contributed by atoms with Crippen molar-refractivity contribution in [1.29, 1.82) is 10.7 Å². The number of aromatic amines is 1. The third-order valence-electron chi connectivity index (χ3n) is 6.92. The van der Waals surface area contributed by atoms with Crippen molar-refractivity contribution in [2.45, 2.75) is 38.1 Å². The molecule has 5 rings (SSSR count). The van der Waals surface area contributed by atoms with Crippen LogP contribution in [-0.2, 0) is 16.8 Å². The van der Waals surface area contributed by atoms with Gasteiger partial charge in [0, 0.05) is 55.5 Å². The minimum absolute atomic E-state index is 0.0420. The second-order valence-corrected chi connectivity index (χ2v) is 9.35. The molecule has 1 saturated heterocycles. The normalized spacial score (nSPS) is 15.2. The third kappa shape index (κ3) is 5.16. The van der Waals surface area contributed by atoms with Crippen LogP contribution in [0.1, 0.15) is 43.0 Å². The zero-order valence-electron chi connectivity index (χ0n) is 20.6. The smallest absolute Gasteiger partial charge is 0.227 e. The monoisotopic (exact) mass is 493 g/mol. The zero-order chi connectivity index (χ0) is 25.8. The number of benzene rings is 1. The Morgan fingerprint density at radius 2 is 2.11 bits per heavy atom. The number of nitriles is 1. The number of fused-ring (bicyclic) bond motifs is 1. The lowest BCUT2D eigenvalue weighted by atomic mass is 9.85. The Hall–Kier alpha value is -4.65. The van der Waals surface area contributed by atoms with Crippen LogP contribution in [0.15, 0.2) is 60.1 Å². The summed E-state index contributed by atoms with van der Waals surface area (Å²) < 4.78 is 1.79. The number of amides is 1. The average molecular weight is 494 g/mol. The fourth-order valence-corrected chi connectivity index (χ4v) is 4.75. The number of piperidine rings is 1. The van der Waals surface area contributed by atoms with Gasteiger partial charge in [-0.15, -0.1) is 0 Å². The van der Waals surface area contributed by atoms with E-state index in [1.54, 1.807) is 41.3 Å². The molecule has 10 nitrogen and oxygen atoms in total. The minimum atomic E-state index is -0.481. The molecule has 0 radical (unpaired) electrons. The van der Waals surface area contributed by atoms with Gasteiger partial charge in [0.2, 0.25) is 11.9 Å². The Morgan fingerprint density at radius 1 is 1.27 bits per heavy atom. The second-order valence-electron chi connectivity index (χ2n) is 9.35. The van der Waals surface area contributed by atoms with Crippen LogP contribution in [0, 0.1) is 16.7 Å². The number of hydrogen-bond acceptors (Lipinski definition) is 7. The SMILES string of the molecule is CC(=O)N1CCC(CC#N)(n2cc(C(=N)C=Nc3ncc(Cc4ccc5ncccc5c4)[nH]3)cn2)CC1. The largest absolute Gasteiger partial charge is 0.343 e. The van der Waals surface area contributed by atoms with Gasteiger partial charge in [-0.2, -0.15) is 10.4 Å². The number of likely N-dealkylation sites (tertiary alicyclic amines) is 1. The maximum atomic E-state index is 11.7. The lowest BCUT2D eigenvalue weighted by molar-refractivity contribution is -0.131. The first-order chi connectivity index (χ1) is 18.0. The second kappa shape index (κ2) is 10.1. The first-order valence-corrected chi connectivity index (χ1v) is 12.1. The van der Waals surface area contributed by atoms with Gasteiger partial charge in [0.05, 0.1) is 47.9 Å². The fraction of sp³-hybridized carbons (Fsp3) is 0.296. The highest BCUT2D eigenvalue weighted by Crippen LogP contribution is 2.33. The topological polar surface area (TPSA) is 140 Å². The molecule has 1 fully saturated rings. The first-order valence-electron chi connectivity index (χ1n) is 12.1. The maximum Gasteiger partial charge on any atom is 0.227 e. The summed E-state index contributed by atoms with van der Waals surface area (Å²) in [5, 5.41) is 23.5. The summed E-state index contributed by atoms with van der Waals surface area (Å²) in [5.41, 5.74) is 3.34. The van der Waals surface area contributed by atoms with Gasteiger partial charge < -0.3 is 9.88 Å². The zero-order valence-corrected chi connectivity index (χ0v) is 20.6. The summed E-state index contributed by atoms with van der Waals surface area (Å²) in [6.07, 6.45) is 10.7. The van der Waals surface area contributed by atoms with Gasteiger partial charge in [-0.25, -0.2) is 9.98 Å². The van der Waals surface area contributed by atoms with Crippen molar-refractivity contribution in [2.75, 3.05) is 13.1 Å². The molecule has 10 heteroatoms. The molecule has 0 aliphatic carbocycles. The molecule has 0 atom stereocenters. The number of nitrogens with one attached hydrogen (secondary N) is 2.